The molecule has 0 aliphatic heterocycles. The van der Waals surface area contributed by atoms with Gasteiger partial charge in [0.25, 0.3) is 0 Å². The van der Waals surface area contributed by atoms with E-state index in [2.05, 4.69) is 35.7 Å². The van der Waals surface area contributed by atoms with E-state index in [1.54, 1.807) is 22.7 Å². The summed E-state index contributed by atoms with van der Waals surface area (Å²) in [5, 5.41) is 2.09. The number of esters is 1. The topological polar surface area (TPSA) is 26.3 Å². The number of carbonyl (C=O) groups excluding carboxylic acids is 1. The Bertz CT molecular complexity index is 785. The fraction of sp³-hybridized carbons (Fsp3) is 0.167. The summed E-state index contributed by atoms with van der Waals surface area (Å²) in [5.41, 5.74) is 2.72. The quantitative estimate of drug-likeness (QED) is 0.580. The second kappa shape index (κ2) is 6.46. The fourth-order valence-corrected chi connectivity index (χ4v) is 4.14. The van der Waals surface area contributed by atoms with Gasteiger partial charge in [-0.2, -0.15) is 0 Å². The molecule has 112 valence electrons. The lowest BCUT2D eigenvalue weighted by Crippen LogP contribution is -2.06. The van der Waals surface area contributed by atoms with Gasteiger partial charge >= 0.3 is 5.97 Å². The van der Waals surface area contributed by atoms with Crippen LogP contribution in [0.1, 0.15) is 22.8 Å². The molecule has 0 spiro atoms. The van der Waals surface area contributed by atoms with E-state index in [0.717, 1.165) is 11.1 Å². The number of carbonyl (C=O) groups is 1. The van der Waals surface area contributed by atoms with Gasteiger partial charge in [0.2, 0.25) is 0 Å². The summed E-state index contributed by atoms with van der Waals surface area (Å²) in [6, 6.07) is 14.4. The lowest BCUT2D eigenvalue weighted by atomic mass is 10.0. The highest BCUT2D eigenvalue weighted by Gasteiger charge is 2.12. The molecule has 0 saturated heterocycles. The second-order valence-electron chi connectivity index (χ2n) is 4.89. The molecule has 0 N–H and O–H groups in total. The van der Waals surface area contributed by atoms with Crippen LogP contribution in [-0.2, 0) is 4.74 Å². The van der Waals surface area contributed by atoms with Gasteiger partial charge < -0.3 is 4.74 Å². The Kier molecular flexibility index (Phi) is 4.41. The molecule has 0 aliphatic carbocycles. The van der Waals surface area contributed by atoms with E-state index >= 15 is 0 Å². The number of hydrogen-bond acceptors (Lipinski definition) is 4. The van der Waals surface area contributed by atoms with Crippen LogP contribution in [0.4, 0.5) is 0 Å². The van der Waals surface area contributed by atoms with Gasteiger partial charge in [0, 0.05) is 14.6 Å². The van der Waals surface area contributed by atoms with Crippen molar-refractivity contribution in [2.24, 2.45) is 0 Å². The molecule has 22 heavy (non-hydrogen) atoms. The van der Waals surface area contributed by atoms with Crippen LogP contribution in [0.15, 0.2) is 47.8 Å². The van der Waals surface area contributed by atoms with Crippen molar-refractivity contribution in [2.45, 2.75) is 13.8 Å². The van der Waals surface area contributed by atoms with Gasteiger partial charge in [0.1, 0.15) is 0 Å². The van der Waals surface area contributed by atoms with Crippen LogP contribution in [0.5, 0.6) is 0 Å². The van der Waals surface area contributed by atoms with E-state index in [9.17, 15) is 4.79 Å². The molecule has 0 aliphatic rings. The molecular weight excluding hydrogens is 312 g/mol. The Morgan fingerprint density at radius 3 is 2.59 bits per heavy atom. The van der Waals surface area contributed by atoms with E-state index < -0.39 is 0 Å². The molecule has 2 nitrogen and oxygen atoms in total. The zero-order valence-electron chi connectivity index (χ0n) is 12.5. The standard InChI is InChI=1S/C18H16O2S2/c1-3-20-18(19)14-7-6-13(11-12(14)2)15-8-9-17(22-15)16-5-4-10-21-16/h4-11H,3H2,1-2H3. The molecule has 2 aromatic heterocycles. The lowest BCUT2D eigenvalue weighted by Gasteiger charge is -2.07. The van der Waals surface area contributed by atoms with Gasteiger partial charge in [-0.05, 0) is 60.7 Å². The molecule has 3 aromatic rings. The minimum atomic E-state index is -0.253. The number of benzene rings is 1. The van der Waals surface area contributed by atoms with Crippen LogP contribution in [-0.4, -0.2) is 12.6 Å². The SMILES string of the molecule is CCOC(=O)c1ccc(-c2ccc(-c3cccs3)s2)cc1C. The first-order chi connectivity index (χ1) is 10.7. The summed E-state index contributed by atoms with van der Waals surface area (Å²) in [6.45, 7) is 4.16. The Morgan fingerprint density at radius 2 is 1.91 bits per heavy atom. The smallest absolute Gasteiger partial charge is 0.338 e. The molecule has 3 rings (SSSR count). The molecule has 0 radical (unpaired) electrons. The summed E-state index contributed by atoms with van der Waals surface area (Å²) in [5.74, 6) is -0.253. The van der Waals surface area contributed by atoms with E-state index in [1.165, 1.54) is 14.6 Å². The largest absolute Gasteiger partial charge is 0.462 e. The lowest BCUT2D eigenvalue weighted by molar-refractivity contribution is 0.0525. The number of hydrogen-bond donors (Lipinski definition) is 0. The van der Waals surface area contributed by atoms with Gasteiger partial charge in [-0.25, -0.2) is 4.79 Å². The van der Waals surface area contributed by atoms with Crippen molar-refractivity contribution in [2.75, 3.05) is 6.61 Å². The summed E-state index contributed by atoms with van der Waals surface area (Å²) >= 11 is 3.52. The van der Waals surface area contributed by atoms with Crippen LogP contribution in [0, 0.1) is 6.92 Å². The summed E-state index contributed by atoms with van der Waals surface area (Å²) in [4.78, 5) is 15.6. The average Bonchev–Trinajstić information content (AvgIpc) is 3.18. The molecular formula is C18H16O2S2. The number of rotatable bonds is 4. The highest BCUT2D eigenvalue weighted by molar-refractivity contribution is 7.23. The van der Waals surface area contributed by atoms with Gasteiger partial charge in [0.15, 0.2) is 0 Å². The van der Waals surface area contributed by atoms with Crippen LogP contribution in [0.25, 0.3) is 20.2 Å². The van der Waals surface area contributed by atoms with Crippen molar-refractivity contribution < 1.29 is 9.53 Å². The maximum absolute atomic E-state index is 11.9. The highest BCUT2D eigenvalue weighted by atomic mass is 32.1. The maximum Gasteiger partial charge on any atom is 0.338 e. The Morgan fingerprint density at radius 1 is 1.09 bits per heavy atom. The summed E-state index contributed by atoms with van der Waals surface area (Å²) < 4.78 is 5.07. The van der Waals surface area contributed by atoms with Gasteiger partial charge in [-0.1, -0.05) is 12.1 Å². The van der Waals surface area contributed by atoms with Crippen molar-refractivity contribution in [1.82, 2.24) is 0 Å². The zero-order valence-corrected chi connectivity index (χ0v) is 14.1. The summed E-state index contributed by atoms with van der Waals surface area (Å²) in [7, 11) is 0. The first-order valence-corrected chi connectivity index (χ1v) is 8.80. The van der Waals surface area contributed by atoms with E-state index in [4.69, 9.17) is 4.74 Å². The predicted octanol–water partition coefficient (Wildman–Crippen LogP) is 5.63. The first kappa shape index (κ1) is 15.0. The normalized spacial score (nSPS) is 10.6. The van der Waals surface area contributed by atoms with Gasteiger partial charge in [-0.15, -0.1) is 22.7 Å². The Balaban J connectivity index is 1.90. The molecule has 2 heterocycles. The Hall–Kier alpha value is -1.91. The van der Waals surface area contributed by atoms with Crippen LogP contribution in [0.3, 0.4) is 0 Å². The van der Waals surface area contributed by atoms with Crippen LogP contribution in [0.2, 0.25) is 0 Å². The van der Waals surface area contributed by atoms with Gasteiger partial charge in [0.05, 0.1) is 12.2 Å². The van der Waals surface area contributed by atoms with E-state index in [-0.39, 0.29) is 5.97 Å². The van der Waals surface area contributed by atoms with Crippen molar-refractivity contribution in [3.63, 3.8) is 0 Å². The third kappa shape index (κ3) is 2.98. The molecule has 1 aromatic carbocycles. The molecule has 0 saturated carbocycles. The molecule has 0 unspecified atom stereocenters. The molecule has 0 fully saturated rings. The minimum Gasteiger partial charge on any atom is -0.462 e. The Labute approximate surface area is 138 Å². The van der Waals surface area contributed by atoms with Crippen molar-refractivity contribution >= 4 is 28.6 Å². The van der Waals surface area contributed by atoms with Crippen molar-refractivity contribution in [1.29, 1.82) is 0 Å². The predicted molar refractivity (Wildman–Crippen MR) is 93.8 cm³/mol. The number of ether oxygens (including phenoxy) is 1. The highest BCUT2D eigenvalue weighted by Crippen LogP contribution is 2.36. The van der Waals surface area contributed by atoms with E-state index in [0.29, 0.717) is 12.2 Å². The first-order valence-electron chi connectivity index (χ1n) is 7.11. The molecule has 0 atom stereocenters. The molecule has 0 amide bonds. The molecule has 0 bridgehead atoms. The zero-order chi connectivity index (χ0) is 15.5. The second-order valence-corrected chi connectivity index (χ2v) is 6.92. The number of aryl methyl sites for hydroxylation is 1. The third-order valence-electron chi connectivity index (χ3n) is 3.38. The van der Waals surface area contributed by atoms with Crippen molar-refractivity contribution in [3.8, 4) is 20.2 Å². The third-order valence-corrected chi connectivity index (χ3v) is 5.58. The van der Waals surface area contributed by atoms with Gasteiger partial charge in [-0.3, -0.25) is 0 Å². The molecule has 4 heteroatoms. The fourth-order valence-electron chi connectivity index (χ4n) is 2.30. The summed E-state index contributed by atoms with van der Waals surface area (Å²) in [6.07, 6.45) is 0. The monoisotopic (exact) mass is 328 g/mol. The minimum absolute atomic E-state index is 0.253. The van der Waals surface area contributed by atoms with Crippen molar-refractivity contribution in [3.05, 3.63) is 59.0 Å². The average molecular weight is 328 g/mol. The van der Waals surface area contributed by atoms with E-state index in [1.807, 2.05) is 26.0 Å². The number of thiophene rings is 2. The maximum atomic E-state index is 11.9. The van der Waals surface area contributed by atoms with Crippen LogP contribution >= 0.6 is 22.7 Å². The van der Waals surface area contributed by atoms with Crippen LogP contribution < -0.4 is 0 Å².